The number of carbonyl (C=O) groups excluding carboxylic acids is 4. The van der Waals surface area contributed by atoms with Crippen LogP contribution in [0.1, 0.15) is 55.8 Å². The fourth-order valence-corrected chi connectivity index (χ4v) is 5.96. The van der Waals surface area contributed by atoms with E-state index in [1.54, 1.807) is 12.1 Å². The minimum Gasteiger partial charge on any atom is -0.369 e. The van der Waals surface area contributed by atoms with E-state index >= 15 is 0 Å². The third kappa shape index (κ3) is 6.48. The Balaban J connectivity index is 1.37. The first-order chi connectivity index (χ1) is 17.9. The molecule has 2 heterocycles. The molecule has 1 aromatic carbocycles. The number of rotatable bonds is 9. The van der Waals surface area contributed by atoms with Gasteiger partial charge in [0.2, 0.25) is 18.2 Å². The number of anilines is 1. The molecule has 2 aliphatic heterocycles. The highest BCUT2D eigenvalue weighted by molar-refractivity contribution is 6.07. The number of hydroxylamine groups is 2. The number of nitrogens with one attached hydrogen (secondary N) is 1. The molecular weight excluding hydrogens is 474 g/mol. The van der Waals surface area contributed by atoms with Crippen LogP contribution in [0.3, 0.4) is 0 Å². The highest BCUT2D eigenvalue weighted by atomic mass is 16.5. The van der Waals surface area contributed by atoms with Crippen LogP contribution in [0.2, 0.25) is 0 Å². The molecule has 2 saturated heterocycles. The minimum atomic E-state index is -0.738. The van der Waals surface area contributed by atoms with Gasteiger partial charge < -0.3 is 14.7 Å². The molecule has 10 heteroatoms. The average molecular weight is 514 g/mol. The highest BCUT2D eigenvalue weighted by Gasteiger charge is 2.41. The summed E-state index contributed by atoms with van der Waals surface area (Å²) < 4.78 is 0. The van der Waals surface area contributed by atoms with Crippen LogP contribution in [-0.4, -0.2) is 96.1 Å². The van der Waals surface area contributed by atoms with Gasteiger partial charge in [-0.25, -0.2) is 5.06 Å². The third-order valence-corrected chi connectivity index (χ3v) is 8.18. The van der Waals surface area contributed by atoms with Gasteiger partial charge in [0.1, 0.15) is 6.04 Å². The van der Waals surface area contributed by atoms with Crippen molar-refractivity contribution in [2.24, 2.45) is 11.8 Å². The zero-order valence-corrected chi connectivity index (χ0v) is 21.7. The van der Waals surface area contributed by atoms with Gasteiger partial charge in [0.25, 0.3) is 5.91 Å². The van der Waals surface area contributed by atoms with Crippen molar-refractivity contribution in [1.82, 2.24) is 20.2 Å². The largest absolute Gasteiger partial charge is 0.369 e. The van der Waals surface area contributed by atoms with Gasteiger partial charge in [-0.3, -0.25) is 29.7 Å². The Morgan fingerprint density at radius 3 is 2.32 bits per heavy atom. The van der Waals surface area contributed by atoms with Gasteiger partial charge in [0, 0.05) is 44.0 Å². The van der Waals surface area contributed by atoms with Crippen LogP contribution in [0.5, 0.6) is 0 Å². The van der Waals surface area contributed by atoms with Crippen LogP contribution in [-0.2, 0) is 14.4 Å². The van der Waals surface area contributed by atoms with Crippen LogP contribution in [0, 0.1) is 11.8 Å². The maximum atomic E-state index is 13.5. The Kier molecular flexibility index (Phi) is 9.15. The van der Waals surface area contributed by atoms with Crippen molar-refractivity contribution < 1.29 is 24.4 Å². The van der Waals surface area contributed by atoms with E-state index in [9.17, 15) is 24.4 Å². The Bertz CT molecular complexity index is 956. The summed E-state index contributed by atoms with van der Waals surface area (Å²) in [6, 6.07) is 6.54. The summed E-state index contributed by atoms with van der Waals surface area (Å²) in [5.74, 6) is -1.70. The van der Waals surface area contributed by atoms with Crippen molar-refractivity contribution >= 4 is 29.8 Å². The van der Waals surface area contributed by atoms with E-state index < -0.39 is 23.8 Å². The summed E-state index contributed by atoms with van der Waals surface area (Å²) in [6.45, 7) is 7.43. The lowest BCUT2D eigenvalue weighted by molar-refractivity contribution is -0.159. The molecule has 1 saturated carbocycles. The minimum absolute atomic E-state index is 0.0662. The fourth-order valence-electron chi connectivity index (χ4n) is 5.96. The molecule has 37 heavy (non-hydrogen) atoms. The van der Waals surface area contributed by atoms with Gasteiger partial charge in [-0.15, -0.1) is 0 Å². The Hall–Kier alpha value is -2.98. The molecule has 202 valence electrons. The highest BCUT2D eigenvalue weighted by Crippen LogP contribution is 2.34. The standard InChI is InChI=1S/C27H39N5O5/c1-2-29-14-16-30(17-15-29)22-11-9-21(10-12-22)25(34)28-26(35)24-8-5-13-32(24)27(36)23(18-31(37)19-33)20-6-3-4-7-20/h9-12,19-20,23-24,37H,2-8,13-18H2,1H3,(H,28,34,35)/t23?,24-/m0/s1. The lowest BCUT2D eigenvalue weighted by Gasteiger charge is -2.35. The number of likely N-dealkylation sites (N-methyl/N-ethyl adjacent to an activating group) is 1. The van der Waals surface area contributed by atoms with Crippen LogP contribution in [0.25, 0.3) is 0 Å². The molecular formula is C27H39N5O5. The molecule has 0 spiro atoms. The Morgan fingerprint density at radius 2 is 1.70 bits per heavy atom. The summed E-state index contributed by atoms with van der Waals surface area (Å²) in [5, 5.41) is 12.8. The van der Waals surface area contributed by atoms with Crippen LogP contribution < -0.4 is 10.2 Å². The van der Waals surface area contributed by atoms with E-state index in [2.05, 4.69) is 22.0 Å². The van der Waals surface area contributed by atoms with Crippen molar-refractivity contribution in [3.8, 4) is 0 Å². The van der Waals surface area contributed by atoms with Crippen molar-refractivity contribution in [1.29, 1.82) is 0 Å². The fraction of sp³-hybridized carbons (Fsp3) is 0.630. The summed E-state index contributed by atoms with van der Waals surface area (Å²) >= 11 is 0. The predicted octanol–water partition coefficient (Wildman–Crippen LogP) is 1.73. The first-order valence-electron chi connectivity index (χ1n) is 13.5. The summed E-state index contributed by atoms with van der Waals surface area (Å²) in [7, 11) is 0. The number of likely N-dealkylation sites (tertiary alicyclic amines) is 1. The molecule has 2 N–H and O–H groups in total. The molecule has 10 nitrogen and oxygen atoms in total. The number of carbonyl (C=O) groups is 4. The van der Waals surface area contributed by atoms with Gasteiger partial charge in [0.05, 0.1) is 12.5 Å². The van der Waals surface area contributed by atoms with Gasteiger partial charge in [-0.1, -0.05) is 19.8 Å². The maximum absolute atomic E-state index is 13.5. The molecule has 0 radical (unpaired) electrons. The quantitative estimate of drug-likeness (QED) is 0.224. The summed E-state index contributed by atoms with van der Waals surface area (Å²) in [5.41, 5.74) is 1.45. The first-order valence-corrected chi connectivity index (χ1v) is 13.5. The zero-order valence-electron chi connectivity index (χ0n) is 21.7. The number of nitrogens with zero attached hydrogens (tertiary/aromatic N) is 4. The maximum Gasteiger partial charge on any atom is 0.257 e. The molecule has 1 unspecified atom stereocenters. The molecule has 1 aliphatic carbocycles. The van der Waals surface area contributed by atoms with Crippen LogP contribution in [0.15, 0.2) is 24.3 Å². The van der Waals surface area contributed by atoms with Gasteiger partial charge >= 0.3 is 0 Å². The van der Waals surface area contributed by atoms with E-state index in [4.69, 9.17) is 0 Å². The van der Waals surface area contributed by atoms with E-state index in [-0.39, 0.29) is 18.4 Å². The molecule has 3 fully saturated rings. The molecule has 2 atom stereocenters. The third-order valence-electron chi connectivity index (χ3n) is 8.18. The topological polar surface area (TPSA) is 114 Å². The monoisotopic (exact) mass is 513 g/mol. The van der Waals surface area contributed by atoms with Crippen LogP contribution >= 0.6 is 0 Å². The van der Waals surface area contributed by atoms with E-state index in [0.717, 1.165) is 64.1 Å². The zero-order chi connectivity index (χ0) is 26.4. The number of hydrogen-bond donors (Lipinski definition) is 2. The number of imide groups is 1. The van der Waals surface area contributed by atoms with Crippen molar-refractivity contribution in [3.05, 3.63) is 29.8 Å². The SMILES string of the molecule is CCN1CCN(c2ccc(C(=O)NC(=O)[C@@H]3CCCN3C(=O)C(CN(O)C=O)C3CCCC3)cc2)CC1. The Morgan fingerprint density at radius 1 is 1.03 bits per heavy atom. The van der Waals surface area contributed by atoms with Crippen molar-refractivity contribution in [2.75, 3.05) is 50.7 Å². The van der Waals surface area contributed by atoms with Gasteiger partial charge in [-0.05, 0) is 62.4 Å². The number of benzene rings is 1. The lowest BCUT2D eigenvalue weighted by Crippen LogP contribution is -2.51. The molecule has 0 bridgehead atoms. The second kappa shape index (κ2) is 12.5. The normalized spacial score (nSPS) is 21.6. The molecule has 3 aliphatic rings. The van der Waals surface area contributed by atoms with E-state index in [1.807, 2.05) is 12.1 Å². The molecule has 4 rings (SSSR count). The summed E-state index contributed by atoms with van der Waals surface area (Å²) in [4.78, 5) is 56.7. The lowest BCUT2D eigenvalue weighted by atomic mass is 9.89. The average Bonchev–Trinajstić information content (AvgIpc) is 3.64. The van der Waals surface area contributed by atoms with Crippen molar-refractivity contribution in [2.45, 2.75) is 51.5 Å². The summed E-state index contributed by atoms with van der Waals surface area (Å²) in [6.07, 6.45) is 5.17. The first kappa shape index (κ1) is 27.1. The Labute approximate surface area is 218 Å². The second-order valence-electron chi connectivity index (χ2n) is 10.4. The number of piperazine rings is 1. The molecule has 4 amide bonds. The molecule has 1 aromatic rings. The second-order valence-corrected chi connectivity index (χ2v) is 10.4. The predicted molar refractivity (Wildman–Crippen MR) is 138 cm³/mol. The van der Waals surface area contributed by atoms with Crippen molar-refractivity contribution in [3.63, 3.8) is 0 Å². The van der Waals surface area contributed by atoms with E-state index in [0.29, 0.717) is 36.4 Å². The van der Waals surface area contributed by atoms with Gasteiger partial charge in [-0.2, -0.15) is 0 Å². The number of hydrogen-bond acceptors (Lipinski definition) is 7. The number of amides is 4. The van der Waals surface area contributed by atoms with Gasteiger partial charge in [0.15, 0.2) is 0 Å². The van der Waals surface area contributed by atoms with E-state index in [1.165, 1.54) is 4.90 Å². The smallest absolute Gasteiger partial charge is 0.257 e. The molecule has 0 aromatic heterocycles. The van der Waals surface area contributed by atoms with Crippen LogP contribution in [0.4, 0.5) is 5.69 Å².